The van der Waals surface area contributed by atoms with Gasteiger partial charge in [0, 0.05) is 17.8 Å². The summed E-state index contributed by atoms with van der Waals surface area (Å²) in [6, 6.07) is 20.9. The first-order valence-corrected chi connectivity index (χ1v) is 10.4. The van der Waals surface area contributed by atoms with E-state index in [2.05, 4.69) is 10.0 Å². The van der Waals surface area contributed by atoms with Crippen LogP contribution in [0.2, 0.25) is 0 Å². The van der Waals surface area contributed by atoms with Crippen molar-refractivity contribution in [2.24, 2.45) is 0 Å². The number of hydrogen-bond donors (Lipinski definition) is 2. The lowest BCUT2D eigenvalue weighted by Gasteiger charge is -2.10. The van der Waals surface area contributed by atoms with E-state index in [1.54, 1.807) is 48.5 Å². The maximum Gasteiger partial charge on any atom is 0.261 e. The van der Waals surface area contributed by atoms with Gasteiger partial charge in [-0.1, -0.05) is 47.5 Å². The van der Waals surface area contributed by atoms with Crippen molar-refractivity contribution in [1.29, 1.82) is 0 Å². The monoisotopic (exact) mass is 394 g/mol. The number of nitrogens with one attached hydrogen (secondary N) is 2. The third kappa shape index (κ3) is 4.98. The average molecular weight is 394 g/mol. The molecular formula is C22H22N2O3S. The van der Waals surface area contributed by atoms with Gasteiger partial charge in [0.2, 0.25) is 0 Å². The molecule has 0 aliphatic heterocycles. The van der Waals surface area contributed by atoms with E-state index < -0.39 is 10.0 Å². The molecule has 1 amide bonds. The van der Waals surface area contributed by atoms with Crippen LogP contribution in [-0.2, 0) is 16.6 Å². The van der Waals surface area contributed by atoms with E-state index in [0.717, 1.165) is 11.1 Å². The molecule has 0 spiro atoms. The van der Waals surface area contributed by atoms with Crippen LogP contribution < -0.4 is 10.0 Å². The number of sulfonamides is 1. The number of anilines is 1. The normalized spacial score (nSPS) is 11.1. The van der Waals surface area contributed by atoms with Crippen LogP contribution in [0.4, 0.5) is 5.69 Å². The molecule has 0 atom stereocenters. The smallest absolute Gasteiger partial charge is 0.261 e. The van der Waals surface area contributed by atoms with Gasteiger partial charge in [-0.05, 0) is 55.8 Å². The third-order valence-corrected chi connectivity index (χ3v) is 5.70. The molecule has 0 heterocycles. The Morgan fingerprint density at radius 1 is 0.786 bits per heavy atom. The minimum atomic E-state index is -3.66. The quantitative estimate of drug-likeness (QED) is 0.663. The average Bonchev–Trinajstić information content (AvgIpc) is 2.68. The Bertz CT molecular complexity index is 1060. The fourth-order valence-electron chi connectivity index (χ4n) is 2.61. The maximum absolute atomic E-state index is 12.4. The van der Waals surface area contributed by atoms with Gasteiger partial charge in [-0.15, -0.1) is 0 Å². The highest BCUT2D eigenvalue weighted by Crippen LogP contribution is 2.17. The summed E-state index contributed by atoms with van der Waals surface area (Å²) in [4.78, 5) is 12.5. The van der Waals surface area contributed by atoms with Gasteiger partial charge < -0.3 is 5.32 Å². The van der Waals surface area contributed by atoms with E-state index >= 15 is 0 Å². The van der Waals surface area contributed by atoms with Crippen molar-refractivity contribution in [3.8, 4) is 0 Å². The van der Waals surface area contributed by atoms with Crippen molar-refractivity contribution >= 4 is 21.6 Å². The molecule has 0 aliphatic rings. The van der Waals surface area contributed by atoms with Crippen LogP contribution in [0.25, 0.3) is 0 Å². The lowest BCUT2D eigenvalue weighted by molar-refractivity contribution is 0.0951. The highest BCUT2D eigenvalue weighted by atomic mass is 32.2. The molecule has 0 bridgehead atoms. The molecule has 0 aliphatic carbocycles. The molecule has 0 saturated carbocycles. The number of amides is 1. The Balaban J connectivity index is 1.63. The molecule has 0 saturated heterocycles. The summed E-state index contributed by atoms with van der Waals surface area (Å²) < 4.78 is 27.4. The highest BCUT2D eigenvalue weighted by molar-refractivity contribution is 7.92. The molecule has 0 aromatic heterocycles. The van der Waals surface area contributed by atoms with Crippen LogP contribution >= 0.6 is 0 Å². The van der Waals surface area contributed by atoms with Gasteiger partial charge in [0.25, 0.3) is 15.9 Å². The van der Waals surface area contributed by atoms with Crippen LogP contribution in [0, 0.1) is 13.8 Å². The number of aryl methyl sites for hydroxylation is 2. The zero-order valence-corrected chi connectivity index (χ0v) is 16.6. The maximum atomic E-state index is 12.4. The zero-order valence-electron chi connectivity index (χ0n) is 15.8. The Kier molecular flexibility index (Phi) is 5.80. The molecule has 3 aromatic rings. The van der Waals surface area contributed by atoms with Gasteiger partial charge in [0.05, 0.1) is 4.90 Å². The van der Waals surface area contributed by atoms with Crippen molar-refractivity contribution in [3.63, 3.8) is 0 Å². The van der Waals surface area contributed by atoms with Gasteiger partial charge >= 0.3 is 0 Å². The van der Waals surface area contributed by atoms with E-state index in [0.29, 0.717) is 17.8 Å². The van der Waals surface area contributed by atoms with Gasteiger partial charge in [0.1, 0.15) is 0 Å². The summed E-state index contributed by atoms with van der Waals surface area (Å²) in [5.41, 5.74) is 4.03. The molecular weight excluding hydrogens is 372 g/mol. The Hall–Kier alpha value is -3.12. The van der Waals surface area contributed by atoms with Crippen molar-refractivity contribution in [1.82, 2.24) is 5.32 Å². The third-order valence-electron chi connectivity index (χ3n) is 4.30. The standard InChI is InChI=1S/C22H22N2O3S/c1-16-3-7-18(8-4-16)15-23-22(25)19-9-11-20(12-10-19)24-28(26,27)21-13-5-17(2)6-14-21/h3-14,24H,15H2,1-2H3,(H,23,25). The topological polar surface area (TPSA) is 75.3 Å². The van der Waals surface area contributed by atoms with E-state index in [1.807, 2.05) is 38.1 Å². The number of carbonyl (C=O) groups excluding carboxylic acids is 1. The van der Waals surface area contributed by atoms with Crippen LogP contribution in [0.15, 0.2) is 77.7 Å². The van der Waals surface area contributed by atoms with Crippen LogP contribution in [0.1, 0.15) is 27.0 Å². The Morgan fingerprint density at radius 3 is 1.89 bits per heavy atom. The Labute approximate surface area is 165 Å². The second kappa shape index (κ2) is 8.27. The van der Waals surface area contributed by atoms with Crippen molar-refractivity contribution in [2.75, 3.05) is 4.72 Å². The van der Waals surface area contributed by atoms with E-state index in [4.69, 9.17) is 0 Å². The fraction of sp³-hybridized carbons (Fsp3) is 0.136. The largest absolute Gasteiger partial charge is 0.348 e. The SMILES string of the molecule is Cc1ccc(CNC(=O)c2ccc(NS(=O)(=O)c3ccc(C)cc3)cc2)cc1. The minimum absolute atomic E-state index is 0.193. The van der Waals surface area contributed by atoms with Gasteiger partial charge in [-0.3, -0.25) is 9.52 Å². The number of carbonyl (C=O) groups is 1. The first-order chi connectivity index (χ1) is 13.3. The van der Waals surface area contributed by atoms with Gasteiger partial charge in [0.15, 0.2) is 0 Å². The predicted octanol–water partition coefficient (Wildman–Crippen LogP) is 4.03. The molecule has 6 heteroatoms. The summed E-state index contributed by atoms with van der Waals surface area (Å²) in [6.07, 6.45) is 0. The molecule has 144 valence electrons. The van der Waals surface area contributed by atoms with E-state index in [9.17, 15) is 13.2 Å². The second-order valence-electron chi connectivity index (χ2n) is 6.66. The number of hydrogen-bond acceptors (Lipinski definition) is 3. The lowest BCUT2D eigenvalue weighted by Crippen LogP contribution is -2.22. The first-order valence-electron chi connectivity index (χ1n) is 8.87. The van der Waals surface area contributed by atoms with E-state index in [-0.39, 0.29) is 10.8 Å². The van der Waals surface area contributed by atoms with Crippen molar-refractivity contribution in [2.45, 2.75) is 25.3 Å². The molecule has 2 N–H and O–H groups in total. The summed E-state index contributed by atoms with van der Waals surface area (Å²) in [5.74, 6) is -0.214. The molecule has 3 rings (SSSR count). The highest BCUT2D eigenvalue weighted by Gasteiger charge is 2.14. The van der Waals surface area contributed by atoms with Gasteiger partial charge in [-0.25, -0.2) is 8.42 Å². The minimum Gasteiger partial charge on any atom is -0.348 e. The summed E-state index contributed by atoms with van der Waals surface area (Å²) in [6.45, 7) is 4.34. The first kappa shape index (κ1) is 19.6. The molecule has 28 heavy (non-hydrogen) atoms. The lowest BCUT2D eigenvalue weighted by atomic mass is 10.1. The van der Waals surface area contributed by atoms with Crippen LogP contribution in [0.3, 0.4) is 0 Å². The van der Waals surface area contributed by atoms with E-state index in [1.165, 1.54) is 5.56 Å². The van der Waals surface area contributed by atoms with Crippen molar-refractivity contribution in [3.05, 3.63) is 95.1 Å². The second-order valence-corrected chi connectivity index (χ2v) is 8.35. The summed E-state index contributed by atoms with van der Waals surface area (Å²) >= 11 is 0. The summed E-state index contributed by atoms with van der Waals surface area (Å²) in [5, 5.41) is 2.86. The zero-order chi connectivity index (χ0) is 20.1. The molecule has 0 unspecified atom stereocenters. The molecule has 3 aromatic carbocycles. The van der Waals surface area contributed by atoms with Gasteiger partial charge in [-0.2, -0.15) is 0 Å². The summed E-state index contributed by atoms with van der Waals surface area (Å²) in [7, 11) is -3.66. The predicted molar refractivity (Wildman–Crippen MR) is 111 cm³/mol. The fourth-order valence-corrected chi connectivity index (χ4v) is 3.67. The molecule has 0 fully saturated rings. The number of benzene rings is 3. The van der Waals surface area contributed by atoms with Crippen LogP contribution in [-0.4, -0.2) is 14.3 Å². The molecule has 0 radical (unpaired) electrons. The van der Waals surface area contributed by atoms with Crippen LogP contribution in [0.5, 0.6) is 0 Å². The van der Waals surface area contributed by atoms with Crippen molar-refractivity contribution < 1.29 is 13.2 Å². The number of rotatable bonds is 6. The Morgan fingerprint density at radius 2 is 1.32 bits per heavy atom. The molecule has 5 nitrogen and oxygen atoms in total.